The maximum Gasteiger partial charge on any atom is 0.246 e. The Morgan fingerprint density at radius 3 is 2.47 bits per heavy atom. The minimum absolute atomic E-state index is 0.0863. The zero-order valence-electron chi connectivity index (χ0n) is 16.3. The maximum atomic E-state index is 13.8. The number of likely N-dealkylation sites (N-methyl/N-ethyl adjacent to an activating group) is 1. The Bertz CT molecular complexity index is 983. The molecule has 2 aromatic carbocycles. The van der Waals surface area contributed by atoms with Gasteiger partial charge in [0.25, 0.3) is 0 Å². The SMILES string of the molecule is CCN1C(=O)CN(C(=O)CC(N)Cc2cc(F)c(F)cc2F)Cc2ccc(F)cc21. The van der Waals surface area contributed by atoms with Crippen molar-refractivity contribution in [3.63, 3.8) is 0 Å². The van der Waals surface area contributed by atoms with Gasteiger partial charge in [0.1, 0.15) is 18.2 Å². The van der Waals surface area contributed by atoms with Crippen LogP contribution in [0.5, 0.6) is 0 Å². The molecule has 2 N–H and O–H groups in total. The molecule has 1 atom stereocenters. The largest absolute Gasteiger partial charge is 0.329 e. The van der Waals surface area contributed by atoms with Crippen LogP contribution < -0.4 is 10.6 Å². The van der Waals surface area contributed by atoms with E-state index in [-0.39, 0.29) is 37.4 Å². The predicted octanol–water partition coefficient (Wildman–Crippen LogP) is 2.90. The van der Waals surface area contributed by atoms with Crippen LogP contribution in [0.2, 0.25) is 0 Å². The van der Waals surface area contributed by atoms with E-state index in [1.165, 1.54) is 28.0 Å². The van der Waals surface area contributed by atoms with Crippen molar-refractivity contribution in [1.82, 2.24) is 4.90 Å². The van der Waals surface area contributed by atoms with Crippen molar-refractivity contribution in [2.75, 3.05) is 18.0 Å². The average molecular weight is 423 g/mol. The molecule has 2 aromatic rings. The molecule has 160 valence electrons. The van der Waals surface area contributed by atoms with Gasteiger partial charge in [-0.15, -0.1) is 0 Å². The summed E-state index contributed by atoms with van der Waals surface area (Å²) in [7, 11) is 0. The van der Waals surface area contributed by atoms with E-state index in [1.807, 2.05) is 0 Å². The molecule has 0 radical (unpaired) electrons. The van der Waals surface area contributed by atoms with Gasteiger partial charge in [0, 0.05) is 31.6 Å². The summed E-state index contributed by atoms with van der Waals surface area (Å²) in [4.78, 5) is 28.0. The molecule has 1 aliphatic heterocycles. The standard InChI is InChI=1S/C21H21F4N3O2/c1-2-28-19-7-14(22)4-3-12(19)10-27(11-21(28)30)20(29)8-15(26)5-13-6-17(24)18(25)9-16(13)23/h3-4,6-7,9,15H,2,5,8,10-11,26H2,1H3. The number of halogens is 4. The van der Waals surface area contributed by atoms with Crippen molar-refractivity contribution in [3.8, 4) is 0 Å². The van der Waals surface area contributed by atoms with Gasteiger partial charge in [-0.3, -0.25) is 9.59 Å². The number of nitrogens with two attached hydrogens (primary N) is 1. The lowest BCUT2D eigenvalue weighted by molar-refractivity contribution is -0.135. The first-order valence-corrected chi connectivity index (χ1v) is 9.45. The Balaban J connectivity index is 1.74. The van der Waals surface area contributed by atoms with Crippen LogP contribution in [0.4, 0.5) is 23.2 Å². The van der Waals surface area contributed by atoms with Crippen molar-refractivity contribution in [1.29, 1.82) is 0 Å². The number of carbonyl (C=O) groups excluding carboxylic acids is 2. The third kappa shape index (κ3) is 4.62. The molecule has 30 heavy (non-hydrogen) atoms. The van der Waals surface area contributed by atoms with E-state index < -0.39 is 35.2 Å². The maximum absolute atomic E-state index is 13.8. The molecule has 0 aromatic heterocycles. The Labute approximate surface area is 171 Å². The molecule has 1 unspecified atom stereocenters. The van der Waals surface area contributed by atoms with E-state index in [2.05, 4.69) is 0 Å². The average Bonchev–Trinajstić information content (AvgIpc) is 2.81. The molecular formula is C21H21F4N3O2. The first kappa shape index (κ1) is 21.8. The number of hydrogen-bond donors (Lipinski definition) is 1. The van der Waals surface area contributed by atoms with E-state index in [9.17, 15) is 27.2 Å². The quantitative estimate of drug-likeness (QED) is 0.594. The van der Waals surface area contributed by atoms with Crippen molar-refractivity contribution in [2.45, 2.75) is 32.4 Å². The van der Waals surface area contributed by atoms with Crippen LogP contribution in [0.3, 0.4) is 0 Å². The fourth-order valence-electron chi connectivity index (χ4n) is 3.52. The fourth-order valence-corrected chi connectivity index (χ4v) is 3.52. The summed E-state index contributed by atoms with van der Waals surface area (Å²) in [5, 5.41) is 0. The highest BCUT2D eigenvalue weighted by atomic mass is 19.2. The van der Waals surface area contributed by atoms with Gasteiger partial charge in [-0.2, -0.15) is 0 Å². The van der Waals surface area contributed by atoms with E-state index in [0.29, 0.717) is 29.9 Å². The normalized spacial score (nSPS) is 15.1. The van der Waals surface area contributed by atoms with Gasteiger partial charge in [-0.05, 0) is 42.7 Å². The zero-order chi connectivity index (χ0) is 22.0. The topological polar surface area (TPSA) is 66.6 Å². The van der Waals surface area contributed by atoms with Crippen molar-refractivity contribution >= 4 is 17.5 Å². The summed E-state index contributed by atoms with van der Waals surface area (Å²) in [5.41, 5.74) is 6.81. The molecule has 0 saturated carbocycles. The number of rotatable bonds is 5. The number of nitrogens with zero attached hydrogens (tertiary/aromatic N) is 2. The second kappa shape index (κ2) is 8.83. The molecule has 0 fully saturated rings. The van der Waals surface area contributed by atoms with Crippen LogP contribution in [0.1, 0.15) is 24.5 Å². The lowest BCUT2D eigenvalue weighted by Gasteiger charge is -2.22. The third-order valence-corrected chi connectivity index (χ3v) is 5.00. The Morgan fingerprint density at radius 2 is 1.77 bits per heavy atom. The van der Waals surface area contributed by atoms with Gasteiger partial charge in [0.15, 0.2) is 11.6 Å². The lowest BCUT2D eigenvalue weighted by Crippen LogP contribution is -2.42. The minimum atomic E-state index is -1.31. The number of hydrogen-bond acceptors (Lipinski definition) is 3. The van der Waals surface area contributed by atoms with Crippen LogP contribution in [0, 0.1) is 23.3 Å². The van der Waals surface area contributed by atoms with Gasteiger partial charge in [0.05, 0.1) is 5.69 Å². The highest BCUT2D eigenvalue weighted by Crippen LogP contribution is 2.27. The number of anilines is 1. The smallest absolute Gasteiger partial charge is 0.246 e. The number of benzene rings is 2. The Hall–Kier alpha value is -2.94. The van der Waals surface area contributed by atoms with E-state index in [1.54, 1.807) is 6.92 Å². The van der Waals surface area contributed by atoms with Gasteiger partial charge < -0.3 is 15.5 Å². The first-order chi connectivity index (χ1) is 14.2. The minimum Gasteiger partial charge on any atom is -0.329 e. The molecule has 1 heterocycles. The van der Waals surface area contributed by atoms with Crippen LogP contribution in [-0.4, -0.2) is 35.8 Å². The van der Waals surface area contributed by atoms with Gasteiger partial charge >= 0.3 is 0 Å². The van der Waals surface area contributed by atoms with Crippen molar-refractivity contribution in [3.05, 3.63) is 64.7 Å². The fraction of sp³-hybridized carbons (Fsp3) is 0.333. The summed E-state index contributed by atoms with van der Waals surface area (Å²) >= 11 is 0. The second-order valence-corrected chi connectivity index (χ2v) is 7.19. The molecule has 3 rings (SSSR count). The van der Waals surface area contributed by atoms with Gasteiger partial charge in [-0.25, -0.2) is 17.6 Å². The summed E-state index contributed by atoms with van der Waals surface area (Å²) < 4.78 is 53.9. The van der Waals surface area contributed by atoms with Crippen molar-refractivity contribution < 1.29 is 27.2 Å². The molecule has 2 amide bonds. The summed E-state index contributed by atoms with van der Waals surface area (Å²) in [6.45, 7) is 1.93. The molecule has 0 spiro atoms. The molecule has 5 nitrogen and oxygen atoms in total. The lowest BCUT2D eigenvalue weighted by atomic mass is 10.0. The molecule has 9 heteroatoms. The second-order valence-electron chi connectivity index (χ2n) is 7.19. The number of carbonyl (C=O) groups is 2. The summed E-state index contributed by atoms with van der Waals surface area (Å²) in [6, 6.07) is 4.30. The highest BCUT2D eigenvalue weighted by Gasteiger charge is 2.29. The van der Waals surface area contributed by atoms with Gasteiger partial charge in [0.2, 0.25) is 11.8 Å². The van der Waals surface area contributed by atoms with E-state index >= 15 is 0 Å². The van der Waals surface area contributed by atoms with E-state index in [0.717, 1.165) is 0 Å². The van der Waals surface area contributed by atoms with Gasteiger partial charge in [-0.1, -0.05) is 6.07 Å². The molecule has 0 bridgehead atoms. The highest BCUT2D eigenvalue weighted by molar-refractivity contribution is 5.98. The molecule has 1 aliphatic rings. The van der Waals surface area contributed by atoms with E-state index in [4.69, 9.17) is 5.73 Å². The molecular weight excluding hydrogens is 402 g/mol. The number of amides is 2. The van der Waals surface area contributed by atoms with Crippen LogP contribution >= 0.6 is 0 Å². The molecule has 0 aliphatic carbocycles. The molecule has 0 saturated heterocycles. The summed E-state index contributed by atoms with van der Waals surface area (Å²) in [6.07, 6.45) is -0.409. The van der Waals surface area contributed by atoms with Crippen LogP contribution in [-0.2, 0) is 22.6 Å². The van der Waals surface area contributed by atoms with Crippen LogP contribution in [0.25, 0.3) is 0 Å². The third-order valence-electron chi connectivity index (χ3n) is 5.00. The first-order valence-electron chi connectivity index (χ1n) is 9.45. The van der Waals surface area contributed by atoms with Crippen LogP contribution in [0.15, 0.2) is 30.3 Å². The zero-order valence-corrected chi connectivity index (χ0v) is 16.3. The predicted molar refractivity (Wildman–Crippen MR) is 102 cm³/mol. The Morgan fingerprint density at radius 1 is 1.07 bits per heavy atom. The number of fused-ring (bicyclic) bond motifs is 1. The Kier molecular flexibility index (Phi) is 6.40. The summed E-state index contributed by atoms with van der Waals surface area (Å²) in [5.74, 6) is -4.76. The monoisotopic (exact) mass is 423 g/mol. The van der Waals surface area contributed by atoms with Crippen molar-refractivity contribution in [2.24, 2.45) is 5.73 Å².